The van der Waals surface area contributed by atoms with E-state index >= 15 is 0 Å². The maximum Gasteiger partial charge on any atom is 0.224 e. The fourth-order valence-electron chi connectivity index (χ4n) is 3.38. The summed E-state index contributed by atoms with van der Waals surface area (Å²) in [6, 6.07) is 14.1. The molecule has 0 saturated carbocycles. The smallest absolute Gasteiger partial charge is 0.224 e. The number of carbonyl (C=O) groups is 1. The fourth-order valence-corrected chi connectivity index (χ4v) is 3.38. The number of rotatable bonds is 6. The predicted molar refractivity (Wildman–Crippen MR) is 96.8 cm³/mol. The van der Waals surface area contributed by atoms with E-state index in [1.807, 2.05) is 30.3 Å². The number of aromatic nitrogens is 1. The molecule has 132 valence electrons. The molecule has 0 radical (unpaired) electrons. The summed E-state index contributed by atoms with van der Waals surface area (Å²) in [4.78, 5) is 18.8. The van der Waals surface area contributed by atoms with Crippen molar-refractivity contribution in [1.82, 2.24) is 15.2 Å². The highest BCUT2D eigenvalue weighted by atomic mass is 16.3. The van der Waals surface area contributed by atoms with E-state index in [1.54, 1.807) is 12.4 Å². The zero-order chi connectivity index (χ0) is 17.5. The van der Waals surface area contributed by atoms with Crippen molar-refractivity contribution in [1.29, 1.82) is 0 Å². The van der Waals surface area contributed by atoms with Crippen molar-refractivity contribution in [2.24, 2.45) is 5.92 Å². The Morgan fingerprint density at radius 2 is 2.00 bits per heavy atom. The van der Waals surface area contributed by atoms with Gasteiger partial charge < -0.3 is 10.4 Å². The van der Waals surface area contributed by atoms with Gasteiger partial charge in [-0.25, -0.2) is 0 Å². The number of carbonyl (C=O) groups excluding carboxylic acids is 1. The van der Waals surface area contributed by atoms with Crippen molar-refractivity contribution in [3.63, 3.8) is 0 Å². The third-order valence-corrected chi connectivity index (χ3v) is 4.76. The minimum atomic E-state index is -0.0216. The summed E-state index contributed by atoms with van der Waals surface area (Å²) in [6.07, 6.45) is 4.62. The van der Waals surface area contributed by atoms with Gasteiger partial charge in [0, 0.05) is 44.0 Å². The van der Waals surface area contributed by atoms with Gasteiger partial charge in [-0.3, -0.25) is 14.7 Å². The van der Waals surface area contributed by atoms with Crippen LogP contribution in [0, 0.1) is 5.92 Å². The second-order valence-corrected chi connectivity index (χ2v) is 6.66. The Hall–Kier alpha value is -2.24. The van der Waals surface area contributed by atoms with E-state index in [9.17, 15) is 9.90 Å². The SMILES string of the molecule is O=C(Cc1cccnc1)N[C@@H]1CN(Cc2ccccc2)CC[C@H]1CO. The van der Waals surface area contributed by atoms with Crippen molar-refractivity contribution >= 4 is 5.91 Å². The molecule has 2 heterocycles. The standard InChI is InChI=1S/C20H25N3O2/c24-15-18-8-10-23(13-16-5-2-1-3-6-16)14-19(18)22-20(25)11-17-7-4-9-21-12-17/h1-7,9,12,18-19,24H,8,10-11,13-15H2,(H,22,25)/t18-,19+/m0/s1. The molecule has 0 aliphatic carbocycles. The largest absolute Gasteiger partial charge is 0.396 e. The second-order valence-electron chi connectivity index (χ2n) is 6.66. The van der Waals surface area contributed by atoms with Gasteiger partial charge in [0.15, 0.2) is 0 Å². The Balaban J connectivity index is 1.58. The number of amides is 1. The molecule has 25 heavy (non-hydrogen) atoms. The summed E-state index contributed by atoms with van der Waals surface area (Å²) in [5.41, 5.74) is 2.17. The summed E-state index contributed by atoms with van der Waals surface area (Å²) in [7, 11) is 0. The third-order valence-electron chi connectivity index (χ3n) is 4.76. The van der Waals surface area contributed by atoms with E-state index in [4.69, 9.17) is 0 Å². The lowest BCUT2D eigenvalue weighted by atomic mass is 9.91. The summed E-state index contributed by atoms with van der Waals surface area (Å²) in [5.74, 6) is 0.0999. The average molecular weight is 339 g/mol. The number of aliphatic hydroxyl groups excluding tert-OH is 1. The van der Waals surface area contributed by atoms with Crippen LogP contribution in [-0.2, 0) is 17.8 Å². The van der Waals surface area contributed by atoms with Crippen LogP contribution in [0.5, 0.6) is 0 Å². The number of benzene rings is 1. The van der Waals surface area contributed by atoms with Crippen molar-refractivity contribution in [2.75, 3.05) is 19.7 Å². The van der Waals surface area contributed by atoms with E-state index in [2.05, 4.69) is 27.3 Å². The number of aliphatic hydroxyl groups is 1. The van der Waals surface area contributed by atoms with Gasteiger partial charge in [-0.1, -0.05) is 36.4 Å². The first-order valence-electron chi connectivity index (χ1n) is 8.80. The minimum absolute atomic E-state index is 0.0157. The second kappa shape index (κ2) is 8.74. The zero-order valence-corrected chi connectivity index (χ0v) is 14.3. The van der Waals surface area contributed by atoms with Crippen LogP contribution in [0.25, 0.3) is 0 Å². The third kappa shape index (κ3) is 5.11. The van der Waals surface area contributed by atoms with E-state index < -0.39 is 0 Å². The Labute approximate surface area is 148 Å². The molecule has 5 nitrogen and oxygen atoms in total. The molecule has 2 aromatic rings. The van der Waals surface area contributed by atoms with Crippen LogP contribution in [0.15, 0.2) is 54.9 Å². The molecule has 1 amide bonds. The van der Waals surface area contributed by atoms with Crippen LogP contribution >= 0.6 is 0 Å². The van der Waals surface area contributed by atoms with Crippen molar-refractivity contribution in [3.8, 4) is 0 Å². The van der Waals surface area contributed by atoms with Gasteiger partial charge in [0.1, 0.15) is 0 Å². The normalized spacial score (nSPS) is 21.0. The van der Waals surface area contributed by atoms with E-state index in [-0.39, 0.29) is 24.5 Å². The lowest BCUT2D eigenvalue weighted by Gasteiger charge is -2.38. The van der Waals surface area contributed by atoms with Gasteiger partial charge in [0.05, 0.1) is 6.42 Å². The predicted octanol–water partition coefficient (Wildman–Crippen LogP) is 1.62. The van der Waals surface area contributed by atoms with E-state index in [1.165, 1.54) is 5.56 Å². The number of pyridine rings is 1. The lowest BCUT2D eigenvalue weighted by Crippen LogP contribution is -2.53. The molecule has 3 rings (SSSR count). The monoisotopic (exact) mass is 339 g/mol. The van der Waals surface area contributed by atoms with Crippen molar-refractivity contribution in [3.05, 3.63) is 66.0 Å². The molecule has 1 aliphatic rings. The Morgan fingerprint density at radius 1 is 1.20 bits per heavy atom. The molecule has 2 N–H and O–H groups in total. The van der Waals surface area contributed by atoms with Crippen LogP contribution < -0.4 is 5.32 Å². The van der Waals surface area contributed by atoms with Gasteiger partial charge in [0.25, 0.3) is 0 Å². The maximum atomic E-state index is 12.4. The highest BCUT2D eigenvalue weighted by Crippen LogP contribution is 2.19. The molecule has 0 unspecified atom stereocenters. The number of nitrogens with zero attached hydrogens (tertiary/aromatic N) is 2. The molecular formula is C20H25N3O2. The number of hydrogen-bond donors (Lipinski definition) is 2. The first-order chi connectivity index (χ1) is 12.2. The topological polar surface area (TPSA) is 65.5 Å². The van der Waals surface area contributed by atoms with E-state index in [0.29, 0.717) is 6.42 Å². The van der Waals surface area contributed by atoms with Crippen LogP contribution in [0.1, 0.15) is 17.5 Å². The number of likely N-dealkylation sites (tertiary alicyclic amines) is 1. The van der Waals surface area contributed by atoms with Crippen LogP contribution in [-0.4, -0.2) is 46.6 Å². The van der Waals surface area contributed by atoms with Crippen LogP contribution in [0.4, 0.5) is 0 Å². The average Bonchev–Trinajstić information content (AvgIpc) is 2.63. The fraction of sp³-hybridized carbons (Fsp3) is 0.400. The molecule has 1 aromatic heterocycles. The van der Waals surface area contributed by atoms with E-state index in [0.717, 1.165) is 31.6 Å². The highest BCUT2D eigenvalue weighted by Gasteiger charge is 2.29. The molecule has 5 heteroatoms. The van der Waals surface area contributed by atoms with Gasteiger partial charge in [-0.05, 0) is 30.2 Å². The van der Waals surface area contributed by atoms with Gasteiger partial charge >= 0.3 is 0 Å². The molecule has 1 saturated heterocycles. The maximum absolute atomic E-state index is 12.4. The van der Waals surface area contributed by atoms with Crippen LogP contribution in [0.3, 0.4) is 0 Å². The number of piperidine rings is 1. The van der Waals surface area contributed by atoms with Crippen LogP contribution in [0.2, 0.25) is 0 Å². The summed E-state index contributed by atoms with van der Waals surface area (Å²) in [5, 5.41) is 12.8. The lowest BCUT2D eigenvalue weighted by molar-refractivity contribution is -0.122. The molecule has 1 aliphatic heterocycles. The summed E-state index contributed by atoms with van der Waals surface area (Å²) in [6.45, 7) is 2.68. The minimum Gasteiger partial charge on any atom is -0.396 e. The number of nitrogens with one attached hydrogen (secondary N) is 1. The Morgan fingerprint density at radius 3 is 2.72 bits per heavy atom. The Bertz CT molecular complexity index is 663. The molecule has 0 spiro atoms. The molecule has 0 bridgehead atoms. The first-order valence-corrected chi connectivity index (χ1v) is 8.80. The molecule has 1 fully saturated rings. The highest BCUT2D eigenvalue weighted by molar-refractivity contribution is 5.78. The first kappa shape index (κ1) is 17.6. The van der Waals surface area contributed by atoms with Gasteiger partial charge in [-0.2, -0.15) is 0 Å². The summed E-state index contributed by atoms with van der Waals surface area (Å²) < 4.78 is 0. The quantitative estimate of drug-likeness (QED) is 0.839. The van der Waals surface area contributed by atoms with Gasteiger partial charge in [-0.15, -0.1) is 0 Å². The zero-order valence-electron chi connectivity index (χ0n) is 14.3. The van der Waals surface area contributed by atoms with Gasteiger partial charge in [0.2, 0.25) is 5.91 Å². The summed E-state index contributed by atoms with van der Waals surface area (Å²) >= 11 is 0. The van der Waals surface area contributed by atoms with Crippen molar-refractivity contribution < 1.29 is 9.90 Å². The molecule has 1 aromatic carbocycles. The molecule has 2 atom stereocenters. The Kier molecular flexibility index (Phi) is 6.14. The molecular weight excluding hydrogens is 314 g/mol. The van der Waals surface area contributed by atoms with Crippen molar-refractivity contribution in [2.45, 2.75) is 25.4 Å². The number of hydrogen-bond acceptors (Lipinski definition) is 4.